The Labute approximate surface area is 96.0 Å². The maximum absolute atomic E-state index is 12.6. The van der Waals surface area contributed by atoms with Gasteiger partial charge in [-0.15, -0.1) is 0 Å². The molecule has 5 heteroatoms. The first-order chi connectivity index (χ1) is 7.00. The Hall–Kier alpha value is -0.930. The molecule has 0 fully saturated rings. The Bertz CT molecular complexity index is 376. The van der Waals surface area contributed by atoms with Crippen LogP contribution in [0.5, 0.6) is 0 Å². The molecular formula is C10H7Cl2FO2. The molecule has 0 N–H and O–H groups in total. The van der Waals surface area contributed by atoms with E-state index in [-0.39, 0.29) is 6.42 Å². The van der Waals surface area contributed by atoms with Gasteiger partial charge in [0.1, 0.15) is 5.82 Å². The maximum atomic E-state index is 12.6. The van der Waals surface area contributed by atoms with Gasteiger partial charge in [0, 0.05) is 6.42 Å². The molecule has 15 heavy (non-hydrogen) atoms. The highest BCUT2D eigenvalue weighted by Gasteiger charge is 2.21. The van der Waals surface area contributed by atoms with Gasteiger partial charge in [-0.25, -0.2) is 4.39 Å². The molecule has 0 unspecified atom stereocenters. The average Bonchev–Trinajstić information content (AvgIpc) is 2.15. The van der Waals surface area contributed by atoms with Crippen molar-refractivity contribution in [3.05, 3.63) is 35.6 Å². The summed E-state index contributed by atoms with van der Waals surface area (Å²) in [6.07, 6.45) is -0.185. The van der Waals surface area contributed by atoms with Crippen LogP contribution in [0.4, 0.5) is 4.39 Å². The predicted octanol–water partition coefficient (Wildman–Crippen LogP) is 2.83. The molecule has 1 rings (SSSR count). The van der Waals surface area contributed by atoms with E-state index in [2.05, 4.69) is 0 Å². The van der Waals surface area contributed by atoms with Crippen LogP contribution in [0.15, 0.2) is 24.3 Å². The third-order valence-electron chi connectivity index (χ3n) is 1.91. The van der Waals surface area contributed by atoms with Crippen LogP contribution in [-0.4, -0.2) is 10.5 Å². The van der Waals surface area contributed by atoms with Crippen molar-refractivity contribution in [1.29, 1.82) is 0 Å². The first-order valence-corrected chi connectivity index (χ1v) is 4.89. The summed E-state index contributed by atoms with van der Waals surface area (Å²) < 4.78 is 12.6. The van der Waals surface area contributed by atoms with E-state index in [0.29, 0.717) is 5.56 Å². The zero-order valence-electron chi connectivity index (χ0n) is 7.54. The van der Waals surface area contributed by atoms with Crippen molar-refractivity contribution in [2.75, 3.05) is 0 Å². The molecule has 80 valence electrons. The van der Waals surface area contributed by atoms with Crippen LogP contribution >= 0.6 is 23.2 Å². The van der Waals surface area contributed by atoms with E-state index in [0.717, 1.165) is 0 Å². The van der Waals surface area contributed by atoms with Crippen molar-refractivity contribution in [2.45, 2.75) is 12.3 Å². The predicted molar refractivity (Wildman–Crippen MR) is 55.5 cm³/mol. The molecule has 1 aromatic rings. The van der Waals surface area contributed by atoms with Gasteiger partial charge < -0.3 is 0 Å². The molecule has 2 nitrogen and oxygen atoms in total. The zero-order valence-corrected chi connectivity index (χ0v) is 9.06. The first kappa shape index (κ1) is 12.1. The fraction of sp³-hybridized carbons (Fsp3) is 0.200. The van der Waals surface area contributed by atoms with Gasteiger partial charge >= 0.3 is 0 Å². The highest BCUT2D eigenvalue weighted by atomic mass is 35.5. The van der Waals surface area contributed by atoms with Crippen LogP contribution in [0.3, 0.4) is 0 Å². The fourth-order valence-electron chi connectivity index (χ4n) is 1.18. The molecule has 1 aromatic carbocycles. The summed E-state index contributed by atoms with van der Waals surface area (Å²) in [5.74, 6) is -1.23. The van der Waals surface area contributed by atoms with E-state index in [1.165, 1.54) is 24.3 Å². The van der Waals surface area contributed by atoms with E-state index < -0.39 is 22.2 Å². The quantitative estimate of drug-likeness (QED) is 0.769. The maximum Gasteiger partial charge on any atom is 0.229 e. The highest BCUT2D eigenvalue weighted by molar-refractivity contribution is 6.67. The van der Waals surface area contributed by atoms with Gasteiger partial charge in [-0.3, -0.25) is 9.59 Å². The number of halogens is 3. The second kappa shape index (κ2) is 5.24. The molecule has 1 atom stereocenters. The lowest BCUT2D eigenvalue weighted by Crippen LogP contribution is -2.09. The standard InChI is InChI=1S/C10H7Cl2FO2/c11-9(14)5-8(10(12)15)6-1-3-7(13)4-2-6/h1-4,8H,5H2/t8-/m1/s1. The normalized spacial score (nSPS) is 12.2. The Morgan fingerprint density at radius 3 is 2.13 bits per heavy atom. The van der Waals surface area contributed by atoms with Gasteiger partial charge in [-0.1, -0.05) is 12.1 Å². The number of hydrogen-bond donors (Lipinski definition) is 0. The summed E-state index contributed by atoms with van der Waals surface area (Å²) in [6.45, 7) is 0. The second-order valence-corrected chi connectivity index (χ2v) is 3.76. The van der Waals surface area contributed by atoms with Gasteiger partial charge in [0.15, 0.2) is 0 Å². The number of carbonyl (C=O) groups is 2. The average molecular weight is 249 g/mol. The van der Waals surface area contributed by atoms with Crippen LogP contribution in [-0.2, 0) is 9.59 Å². The summed E-state index contributed by atoms with van der Waals surface area (Å²) in [6, 6.07) is 5.20. The van der Waals surface area contributed by atoms with Crippen LogP contribution in [0.1, 0.15) is 17.9 Å². The van der Waals surface area contributed by atoms with Gasteiger partial charge in [0.05, 0.1) is 5.92 Å². The van der Waals surface area contributed by atoms with Gasteiger partial charge in [-0.2, -0.15) is 0 Å². The molecule has 0 aromatic heterocycles. The van der Waals surface area contributed by atoms with Crippen LogP contribution < -0.4 is 0 Å². The molecule has 0 saturated heterocycles. The molecular weight excluding hydrogens is 242 g/mol. The summed E-state index contributed by atoms with van der Waals surface area (Å²) in [4.78, 5) is 21.7. The number of benzene rings is 1. The number of rotatable bonds is 4. The van der Waals surface area contributed by atoms with E-state index in [9.17, 15) is 14.0 Å². The van der Waals surface area contributed by atoms with E-state index in [1.807, 2.05) is 0 Å². The van der Waals surface area contributed by atoms with Gasteiger partial charge in [0.25, 0.3) is 0 Å². The highest BCUT2D eigenvalue weighted by Crippen LogP contribution is 2.23. The van der Waals surface area contributed by atoms with Crippen molar-refractivity contribution < 1.29 is 14.0 Å². The van der Waals surface area contributed by atoms with Gasteiger partial charge in [0.2, 0.25) is 10.5 Å². The molecule has 0 bridgehead atoms. The fourth-order valence-corrected chi connectivity index (χ4v) is 1.54. The molecule has 0 aliphatic carbocycles. The van der Waals surface area contributed by atoms with Gasteiger partial charge in [-0.05, 0) is 40.9 Å². The van der Waals surface area contributed by atoms with Crippen LogP contribution in [0.25, 0.3) is 0 Å². The van der Waals surface area contributed by atoms with Crippen molar-refractivity contribution in [2.24, 2.45) is 0 Å². The summed E-state index contributed by atoms with van der Waals surface area (Å²) in [7, 11) is 0. The Morgan fingerprint density at radius 2 is 1.73 bits per heavy atom. The largest absolute Gasteiger partial charge is 0.281 e. The molecule has 0 saturated carbocycles. The lowest BCUT2D eigenvalue weighted by atomic mass is 9.98. The molecule has 0 radical (unpaired) electrons. The second-order valence-electron chi connectivity index (χ2n) is 2.97. The SMILES string of the molecule is O=C(Cl)C[C@@H](C(=O)Cl)c1ccc(F)cc1. The zero-order chi connectivity index (χ0) is 11.4. The molecule has 0 aliphatic rings. The lowest BCUT2D eigenvalue weighted by molar-refractivity contribution is -0.117. The van der Waals surface area contributed by atoms with Crippen LogP contribution in [0, 0.1) is 5.82 Å². The Morgan fingerprint density at radius 1 is 1.20 bits per heavy atom. The Kier molecular flexibility index (Phi) is 4.24. The third-order valence-corrected chi connectivity index (χ3v) is 2.33. The topological polar surface area (TPSA) is 34.1 Å². The summed E-state index contributed by atoms with van der Waals surface area (Å²) in [5.41, 5.74) is 0.477. The smallest absolute Gasteiger partial charge is 0.229 e. The number of hydrogen-bond acceptors (Lipinski definition) is 2. The van der Waals surface area contributed by atoms with E-state index in [4.69, 9.17) is 23.2 Å². The number of carbonyl (C=O) groups excluding carboxylic acids is 2. The lowest BCUT2D eigenvalue weighted by Gasteiger charge is -2.09. The monoisotopic (exact) mass is 248 g/mol. The van der Waals surface area contributed by atoms with Crippen LogP contribution in [0.2, 0.25) is 0 Å². The minimum atomic E-state index is -0.808. The van der Waals surface area contributed by atoms with E-state index >= 15 is 0 Å². The first-order valence-electron chi connectivity index (χ1n) is 4.14. The Balaban J connectivity index is 2.94. The van der Waals surface area contributed by atoms with Crippen molar-refractivity contribution in [1.82, 2.24) is 0 Å². The molecule has 0 spiro atoms. The third kappa shape index (κ3) is 3.61. The minimum absolute atomic E-state index is 0.185. The summed E-state index contributed by atoms with van der Waals surface area (Å²) >= 11 is 10.5. The van der Waals surface area contributed by atoms with Crippen molar-refractivity contribution in [3.63, 3.8) is 0 Å². The van der Waals surface area contributed by atoms with E-state index in [1.54, 1.807) is 0 Å². The summed E-state index contributed by atoms with van der Waals surface area (Å²) in [5, 5.41) is -1.34. The molecule has 0 amide bonds. The minimum Gasteiger partial charge on any atom is -0.281 e. The van der Waals surface area contributed by atoms with Crippen molar-refractivity contribution >= 4 is 33.7 Å². The van der Waals surface area contributed by atoms with Crippen molar-refractivity contribution in [3.8, 4) is 0 Å². The molecule has 0 heterocycles. The molecule has 0 aliphatic heterocycles.